The molecule has 3 N–H and O–H groups in total. The van der Waals surface area contributed by atoms with Gasteiger partial charge in [-0.05, 0) is 37.1 Å². The minimum Gasteiger partial charge on any atom is -0.383 e. The molecule has 11 heteroatoms. The fourth-order valence-corrected chi connectivity index (χ4v) is 6.76. The second-order valence-corrected chi connectivity index (χ2v) is 10.8. The average Bonchev–Trinajstić information content (AvgIpc) is 3.47. The Hall–Kier alpha value is -3.14. The van der Waals surface area contributed by atoms with Crippen LogP contribution in [0.25, 0.3) is 11.0 Å². The topological polar surface area (TPSA) is 120 Å². The van der Waals surface area contributed by atoms with Crippen LogP contribution in [0, 0.1) is 0 Å². The lowest BCUT2D eigenvalue weighted by Gasteiger charge is -2.12. The first-order valence-corrected chi connectivity index (χ1v) is 13.2. The number of nitrogens with one attached hydrogen (secondary N) is 1. The quantitative estimate of drug-likeness (QED) is 0.319. The molecule has 8 nitrogen and oxygen atoms in total. The van der Waals surface area contributed by atoms with Crippen molar-refractivity contribution in [2.75, 3.05) is 10.5 Å². The summed E-state index contributed by atoms with van der Waals surface area (Å²) in [6.45, 7) is 0. The highest BCUT2D eigenvalue weighted by Crippen LogP contribution is 2.36. The van der Waals surface area contributed by atoms with Gasteiger partial charge >= 0.3 is 0 Å². The van der Waals surface area contributed by atoms with Gasteiger partial charge in [0.15, 0.2) is 5.78 Å². The van der Waals surface area contributed by atoms with E-state index >= 15 is 0 Å². The first kappa shape index (κ1) is 23.6. The van der Waals surface area contributed by atoms with Gasteiger partial charge in [-0.25, -0.2) is 18.4 Å². The molecule has 2 aromatic heterocycles. The smallest absolute Gasteiger partial charge is 0.264 e. The van der Waals surface area contributed by atoms with Crippen LogP contribution in [0.1, 0.15) is 47.6 Å². The highest BCUT2D eigenvalue weighted by atomic mass is 35.5. The Bertz CT molecular complexity index is 1540. The summed E-state index contributed by atoms with van der Waals surface area (Å²) < 4.78 is 30.4. The summed E-state index contributed by atoms with van der Waals surface area (Å²) in [4.78, 5) is 21.8. The van der Waals surface area contributed by atoms with Crippen molar-refractivity contribution in [1.29, 1.82) is 0 Å². The lowest BCUT2D eigenvalue weighted by atomic mass is 10.0. The maximum Gasteiger partial charge on any atom is 0.264 e. The summed E-state index contributed by atoms with van der Waals surface area (Å²) >= 11 is 12.2. The summed E-state index contributed by atoms with van der Waals surface area (Å²) in [6.07, 6.45) is 7.42. The van der Waals surface area contributed by atoms with E-state index in [0.717, 1.165) is 25.7 Å². The Morgan fingerprint density at radius 3 is 2.46 bits per heavy atom. The lowest BCUT2D eigenvalue weighted by molar-refractivity contribution is 0.104. The number of ketones is 1. The molecule has 0 spiro atoms. The van der Waals surface area contributed by atoms with E-state index in [-0.39, 0.29) is 43.8 Å². The zero-order chi connectivity index (χ0) is 24.7. The first-order valence-electron chi connectivity index (χ1n) is 11.0. The van der Waals surface area contributed by atoms with Crippen molar-refractivity contribution in [3.63, 3.8) is 0 Å². The molecule has 1 fully saturated rings. The number of hydrogen-bond acceptors (Lipinski definition) is 6. The van der Waals surface area contributed by atoms with Crippen LogP contribution < -0.4 is 10.5 Å². The molecule has 0 amide bonds. The van der Waals surface area contributed by atoms with Crippen molar-refractivity contribution < 1.29 is 13.2 Å². The van der Waals surface area contributed by atoms with E-state index in [1.165, 1.54) is 24.5 Å². The molecule has 180 valence electrons. The van der Waals surface area contributed by atoms with Crippen LogP contribution in [0.5, 0.6) is 0 Å². The number of hydrogen-bond donors (Lipinski definition) is 2. The standard InChI is InChI=1S/C24H21Cl2N5O3S/c25-18-9-4-10-19(26)22(18)35(33,34)30-15-6-3-5-14(11-15)21(32)17-12-31(16-7-1-2-8-16)24-20(17)23(27)28-13-29-24/h3-6,9-13,16,30H,1-2,7-8H2,(H2,27,28,29). The van der Waals surface area contributed by atoms with Crippen molar-refractivity contribution in [3.05, 3.63) is 76.2 Å². The molecule has 0 bridgehead atoms. The summed E-state index contributed by atoms with van der Waals surface area (Å²) in [7, 11) is -4.10. The molecule has 2 aromatic carbocycles. The Morgan fingerprint density at radius 1 is 1.06 bits per heavy atom. The third-order valence-corrected chi connectivity index (χ3v) is 8.50. The largest absolute Gasteiger partial charge is 0.383 e. The van der Waals surface area contributed by atoms with Crippen molar-refractivity contribution >= 4 is 61.5 Å². The molecular weight excluding hydrogens is 509 g/mol. The van der Waals surface area contributed by atoms with Crippen molar-refractivity contribution in [1.82, 2.24) is 14.5 Å². The van der Waals surface area contributed by atoms with Gasteiger partial charge in [-0.1, -0.05) is 54.2 Å². The van der Waals surface area contributed by atoms with Crippen LogP contribution in [0.15, 0.2) is 59.9 Å². The number of rotatable bonds is 6. The van der Waals surface area contributed by atoms with E-state index in [1.807, 2.05) is 4.57 Å². The van der Waals surface area contributed by atoms with Crippen LogP contribution in [0.3, 0.4) is 0 Å². The number of benzene rings is 2. The van der Waals surface area contributed by atoms with Gasteiger partial charge in [0.05, 0.1) is 21.0 Å². The zero-order valence-electron chi connectivity index (χ0n) is 18.4. The molecule has 35 heavy (non-hydrogen) atoms. The van der Waals surface area contributed by atoms with Gasteiger partial charge in [0.25, 0.3) is 10.0 Å². The average molecular weight is 530 g/mol. The molecule has 2 heterocycles. The van der Waals surface area contributed by atoms with Crippen LogP contribution in [-0.4, -0.2) is 28.7 Å². The van der Waals surface area contributed by atoms with Gasteiger partial charge in [-0.2, -0.15) is 0 Å². The van der Waals surface area contributed by atoms with Gasteiger partial charge in [-0.3, -0.25) is 9.52 Å². The van der Waals surface area contributed by atoms with Gasteiger partial charge in [0.1, 0.15) is 22.7 Å². The number of aromatic nitrogens is 3. The molecule has 1 aliphatic carbocycles. The third-order valence-electron chi connectivity index (χ3n) is 6.17. The Balaban J connectivity index is 1.53. The fraction of sp³-hybridized carbons (Fsp3) is 0.208. The number of sulfonamides is 1. The lowest BCUT2D eigenvalue weighted by Crippen LogP contribution is -2.14. The van der Waals surface area contributed by atoms with Crippen molar-refractivity contribution in [2.24, 2.45) is 0 Å². The summed E-state index contributed by atoms with van der Waals surface area (Å²) in [5.74, 6) is -0.0922. The minimum absolute atomic E-state index is 0.00701. The van der Waals surface area contributed by atoms with E-state index < -0.39 is 10.0 Å². The molecule has 0 saturated heterocycles. The summed E-state index contributed by atoms with van der Waals surface area (Å²) in [5, 5.41) is 0.484. The normalized spacial score (nSPS) is 14.5. The van der Waals surface area contributed by atoms with E-state index in [0.29, 0.717) is 16.6 Å². The predicted molar refractivity (Wildman–Crippen MR) is 137 cm³/mol. The number of nitrogens with two attached hydrogens (primary N) is 1. The summed E-state index contributed by atoms with van der Waals surface area (Å²) in [6, 6.07) is 10.9. The van der Waals surface area contributed by atoms with Crippen LogP contribution in [0.4, 0.5) is 11.5 Å². The van der Waals surface area contributed by atoms with Crippen LogP contribution >= 0.6 is 23.2 Å². The monoisotopic (exact) mass is 529 g/mol. The van der Waals surface area contributed by atoms with E-state index in [4.69, 9.17) is 28.9 Å². The number of nitrogens with zero attached hydrogens (tertiary/aromatic N) is 3. The SMILES string of the molecule is Nc1ncnc2c1c(C(=O)c1cccc(NS(=O)(=O)c3c(Cl)cccc3Cl)c1)cn2C1CCCC1. The van der Waals surface area contributed by atoms with E-state index in [1.54, 1.807) is 30.5 Å². The Kier molecular flexibility index (Phi) is 6.16. The molecular formula is C24H21Cl2N5O3S. The Labute approximate surface area is 212 Å². The number of anilines is 2. The van der Waals surface area contributed by atoms with Gasteiger partial charge in [-0.15, -0.1) is 0 Å². The van der Waals surface area contributed by atoms with Crippen molar-refractivity contribution in [3.8, 4) is 0 Å². The maximum atomic E-state index is 13.6. The van der Waals surface area contributed by atoms with Gasteiger partial charge in [0, 0.05) is 23.5 Å². The number of carbonyl (C=O) groups is 1. The third kappa shape index (κ3) is 4.35. The highest BCUT2D eigenvalue weighted by Gasteiger charge is 2.26. The van der Waals surface area contributed by atoms with Crippen LogP contribution in [-0.2, 0) is 10.0 Å². The molecule has 5 rings (SSSR count). The summed E-state index contributed by atoms with van der Waals surface area (Å²) in [5.41, 5.74) is 7.63. The molecule has 0 unspecified atom stereocenters. The second-order valence-electron chi connectivity index (χ2n) is 8.41. The zero-order valence-corrected chi connectivity index (χ0v) is 20.7. The number of fused-ring (bicyclic) bond motifs is 1. The molecule has 0 aliphatic heterocycles. The fourth-order valence-electron chi connectivity index (χ4n) is 4.57. The van der Waals surface area contributed by atoms with Gasteiger partial charge in [0.2, 0.25) is 0 Å². The molecule has 4 aromatic rings. The van der Waals surface area contributed by atoms with E-state index in [9.17, 15) is 13.2 Å². The van der Waals surface area contributed by atoms with Crippen molar-refractivity contribution in [2.45, 2.75) is 36.6 Å². The van der Waals surface area contributed by atoms with Crippen LogP contribution in [0.2, 0.25) is 10.0 Å². The number of nitrogen functional groups attached to an aromatic ring is 1. The molecule has 1 saturated carbocycles. The molecule has 0 atom stereocenters. The number of carbonyl (C=O) groups excluding carboxylic acids is 1. The molecule has 1 aliphatic rings. The number of halogens is 2. The highest BCUT2D eigenvalue weighted by molar-refractivity contribution is 7.93. The predicted octanol–water partition coefficient (Wildman–Crippen LogP) is 5.47. The second kappa shape index (κ2) is 9.14. The Morgan fingerprint density at radius 2 is 1.74 bits per heavy atom. The maximum absolute atomic E-state index is 13.6. The van der Waals surface area contributed by atoms with Gasteiger partial charge < -0.3 is 10.3 Å². The van der Waals surface area contributed by atoms with E-state index in [2.05, 4.69) is 14.7 Å². The first-order chi connectivity index (χ1) is 16.8. The molecule has 0 radical (unpaired) electrons. The minimum atomic E-state index is -4.10.